The summed E-state index contributed by atoms with van der Waals surface area (Å²) in [6.45, 7) is 5.44. The summed E-state index contributed by atoms with van der Waals surface area (Å²) in [5, 5.41) is 2.65. The van der Waals surface area contributed by atoms with Gasteiger partial charge in [0.1, 0.15) is 12.4 Å². The van der Waals surface area contributed by atoms with Gasteiger partial charge < -0.3 is 10.2 Å². The van der Waals surface area contributed by atoms with E-state index >= 15 is 0 Å². The van der Waals surface area contributed by atoms with E-state index in [-0.39, 0.29) is 19.0 Å². The van der Waals surface area contributed by atoms with Crippen molar-refractivity contribution >= 4 is 23.6 Å². The standard InChI is InChI=1S/C22H25F4N5O2/c1-4-13(3)17-11-31(20-16(23)9-15(10-28-20)22(24,25)26)21(33)30(17)12-19(32)29-18-8-14(5-2)6-7-27-18/h6-10,13,17H,4-5,11-12H2,1-3H3,(H,27,29,32)/t13-,17+/m0/s1. The highest BCUT2D eigenvalue weighted by Gasteiger charge is 2.43. The normalized spacial score (nSPS) is 17.4. The van der Waals surface area contributed by atoms with Crippen molar-refractivity contribution in [2.24, 2.45) is 5.92 Å². The van der Waals surface area contributed by atoms with Gasteiger partial charge >= 0.3 is 12.2 Å². The van der Waals surface area contributed by atoms with Gasteiger partial charge in [0, 0.05) is 12.4 Å². The molecule has 1 saturated heterocycles. The van der Waals surface area contributed by atoms with Crippen molar-refractivity contribution in [3.05, 3.63) is 47.5 Å². The second-order valence-corrected chi connectivity index (χ2v) is 7.95. The molecule has 1 fully saturated rings. The number of urea groups is 1. The molecule has 1 aliphatic rings. The summed E-state index contributed by atoms with van der Waals surface area (Å²) in [4.78, 5) is 35.7. The molecule has 0 radical (unpaired) electrons. The van der Waals surface area contributed by atoms with Gasteiger partial charge in [-0.2, -0.15) is 13.2 Å². The van der Waals surface area contributed by atoms with E-state index in [4.69, 9.17) is 0 Å². The van der Waals surface area contributed by atoms with Crippen molar-refractivity contribution in [3.63, 3.8) is 0 Å². The third kappa shape index (κ3) is 5.40. The van der Waals surface area contributed by atoms with Gasteiger partial charge in [0.25, 0.3) is 0 Å². The van der Waals surface area contributed by atoms with Crippen LogP contribution in [0.25, 0.3) is 0 Å². The molecule has 1 N–H and O–H groups in total. The van der Waals surface area contributed by atoms with E-state index in [1.54, 1.807) is 12.3 Å². The average molecular weight is 467 g/mol. The number of aromatic nitrogens is 2. The van der Waals surface area contributed by atoms with Crippen LogP contribution in [0.2, 0.25) is 0 Å². The van der Waals surface area contributed by atoms with Crippen LogP contribution in [0.15, 0.2) is 30.6 Å². The molecule has 0 aliphatic carbocycles. The number of aryl methyl sites for hydroxylation is 1. The Morgan fingerprint density at radius 3 is 2.61 bits per heavy atom. The van der Waals surface area contributed by atoms with Gasteiger partial charge in [-0.15, -0.1) is 0 Å². The summed E-state index contributed by atoms with van der Waals surface area (Å²) in [5.41, 5.74) is -0.267. The number of anilines is 2. The fourth-order valence-corrected chi connectivity index (χ4v) is 3.67. The summed E-state index contributed by atoms with van der Waals surface area (Å²) in [6, 6.07) is 2.71. The summed E-state index contributed by atoms with van der Waals surface area (Å²) in [6.07, 6.45) is -1.27. The van der Waals surface area contributed by atoms with Crippen LogP contribution in [0.3, 0.4) is 0 Å². The molecule has 3 amide bonds. The number of carbonyl (C=O) groups is 2. The second kappa shape index (κ2) is 9.72. The van der Waals surface area contributed by atoms with Crippen molar-refractivity contribution in [1.82, 2.24) is 14.9 Å². The zero-order valence-corrected chi connectivity index (χ0v) is 18.5. The minimum Gasteiger partial charge on any atom is -0.310 e. The second-order valence-electron chi connectivity index (χ2n) is 7.95. The zero-order valence-electron chi connectivity index (χ0n) is 18.5. The van der Waals surface area contributed by atoms with Crippen LogP contribution < -0.4 is 10.2 Å². The average Bonchev–Trinajstić information content (AvgIpc) is 3.08. The zero-order chi connectivity index (χ0) is 24.3. The molecule has 3 rings (SSSR count). The van der Waals surface area contributed by atoms with Crippen LogP contribution in [0.4, 0.5) is 34.0 Å². The van der Waals surface area contributed by atoms with Gasteiger partial charge in [-0.25, -0.2) is 19.2 Å². The number of hydrogen-bond donors (Lipinski definition) is 1. The Morgan fingerprint density at radius 1 is 1.27 bits per heavy atom. The lowest BCUT2D eigenvalue weighted by Gasteiger charge is -2.26. The lowest BCUT2D eigenvalue weighted by molar-refractivity contribution is -0.138. The van der Waals surface area contributed by atoms with E-state index < -0.39 is 41.4 Å². The van der Waals surface area contributed by atoms with Crippen LogP contribution in [0.1, 0.15) is 38.3 Å². The third-order valence-electron chi connectivity index (χ3n) is 5.77. The maximum atomic E-state index is 14.5. The summed E-state index contributed by atoms with van der Waals surface area (Å²) >= 11 is 0. The molecule has 2 atom stereocenters. The molecule has 2 aromatic rings. The molecular formula is C22H25F4N5O2. The predicted octanol–water partition coefficient (Wildman–Crippen LogP) is 4.49. The number of rotatable bonds is 7. The minimum atomic E-state index is -4.76. The maximum Gasteiger partial charge on any atom is 0.417 e. The third-order valence-corrected chi connectivity index (χ3v) is 5.77. The highest BCUT2D eigenvalue weighted by atomic mass is 19.4. The molecule has 7 nitrogen and oxygen atoms in total. The topological polar surface area (TPSA) is 78.4 Å². The molecule has 3 heterocycles. The molecule has 0 saturated carbocycles. The largest absolute Gasteiger partial charge is 0.417 e. The number of hydrogen-bond acceptors (Lipinski definition) is 4. The van der Waals surface area contributed by atoms with E-state index in [1.807, 2.05) is 26.8 Å². The van der Waals surface area contributed by atoms with Gasteiger partial charge in [-0.05, 0) is 36.1 Å². The Bertz CT molecular complexity index is 1030. The summed E-state index contributed by atoms with van der Waals surface area (Å²) in [7, 11) is 0. The van der Waals surface area contributed by atoms with Crippen LogP contribution in [0.5, 0.6) is 0 Å². The Kier molecular flexibility index (Phi) is 7.19. The number of nitrogens with one attached hydrogen (secondary N) is 1. The van der Waals surface area contributed by atoms with Crippen molar-refractivity contribution < 1.29 is 27.2 Å². The van der Waals surface area contributed by atoms with Crippen LogP contribution in [0, 0.1) is 11.7 Å². The van der Waals surface area contributed by atoms with Crippen molar-refractivity contribution in [2.45, 2.75) is 45.8 Å². The Balaban J connectivity index is 1.82. The van der Waals surface area contributed by atoms with Gasteiger partial charge in [0.2, 0.25) is 5.91 Å². The number of carbonyl (C=O) groups excluding carboxylic acids is 2. The Hall–Kier alpha value is -3.24. The van der Waals surface area contributed by atoms with Crippen molar-refractivity contribution in [1.29, 1.82) is 0 Å². The fraction of sp³-hybridized carbons (Fsp3) is 0.455. The number of alkyl halides is 3. The molecule has 178 valence electrons. The lowest BCUT2D eigenvalue weighted by Crippen LogP contribution is -2.43. The number of amides is 3. The molecule has 1 aliphatic heterocycles. The molecule has 0 unspecified atom stereocenters. The first-order chi connectivity index (χ1) is 15.5. The summed E-state index contributed by atoms with van der Waals surface area (Å²) < 4.78 is 53.1. The number of halogens is 4. The number of nitrogens with zero attached hydrogens (tertiary/aromatic N) is 4. The van der Waals surface area contributed by atoms with Crippen LogP contribution >= 0.6 is 0 Å². The Labute approximate surface area is 188 Å². The molecule has 2 aromatic heterocycles. The molecule has 0 spiro atoms. The molecule has 0 aromatic carbocycles. The highest BCUT2D eigenvalue weighted by molar-refractivity contribution is 5.99. The monoisotopic (exact) mass is 467 g/mol. The van der Waals surface area contributed by atoms with Gasteiger partial charge in [-0.1, -0.05) is 27.2 Å². The van der Waals surface area contributed by atoms with Gasteiger partial charge in [-0.3, -0.25) is 9.69 Å². The van der Waals surface area contributed by atoms with Crippen molar-refractivity contribution in [2.75, 3.05) is 23.3 Å². The van der Waals surface area contributed by atoms with E-state index in [0.717, 1.165) is 16.9 Å². The lowest BCUT2D eigenvalue weighted by atomic mass is 9.98. The molecule has 33 heavy (non-hydrogen) atoms. The first-order valence-electron chi connectivity index (χ1n) is 10.6. The minimum absolute atomic E-state index is 0.0000254. The fourth-order valence-electron chi connectivity index (χ4n) is 3.67. The highest BCUT2D eigenvalue weighted by Crippen LogP contribution is 2.33. The SMILES string of the molecule is CCc1ccnc(NC(=O)CN2C(=O)N(c3ncc(C(F)(F)F)cc3F)C[C@@H]2[C@@H](C)CC)c1. The molecular weight excluding hydrogens is 442 g/mol. The Morgan fingerprint density at radius 2 is 2.00 bits per heavy atom. The molecule has 11 heteroatoms. The van der Waals surface area contributed by atoms with E-state index in [2.05, 4.69) is 15.3 Å². The van der Waals surface area contributed by atoms with Crippen LogP contribution in [-0.2, 0) is 17.4 Å². The quantitative estimate of drug-likeness (QED) is 0.609. The van der Waals surface area contributed by atoms with Gasteiger partial charge in [0.15, 0.2) is 11.6 Å². The van der Waals surface area contributed by atoms with Crippen molar-refractivity contribution in [3.8, 4) is 0 Å². The first-order valence-corrected chi connectivity index (χ1v) is 10.6. The summed E-state index contributed by atoms with van der Waals surface area (Å²) in [5.74, 6) is -1.95. The van der Waals surface area contributed by atoms with E-state index in [1.165, 1.54) is 4.90 Å². The first kappa shape index (κ1) is 24.4. The van der Waals surface area contributed by atoms with E-state index in [9.17, 15) is 27.2 Å². The maximum absolute atomic E-state index is 14.5. The van der Waals surface area contributed by atoms with E-state index in [0.29, 0.717) is 24.5 Å². The van der Waals surface area contributed by atoms with Crippen LogP contribution in [-0.4, -0.2) is 45.9 Å². The molecule has 0 bridgehead atoms. The number of pyridine rings is 2. The predicted molar refractivity (Wildman–Crippen MR) is 114 cm³/mol. The smallest absolute Gasteiger partial charge is 0.310 e. The van der Waals surface area contributed by atoms with Gasteiger partial charge in [0.05, 0.1) is 18.2 Å².